The highest BCUT2D eigenvalue weighted by atomic mass is 35.5. The number of carbonyl (C=O) groups excluding carboxylic acids is 1. The Balaban J connectivity index is 0.00000242. The van der Waals surface area contributed by atoms with E-state index in [1.807, 2.05) is 38.1 Å². The topological polar surface area (TPSA) is 71.2 Å². The first-order chi connectivity index (χ1) is 9.90. The van der Waals surface area contributed by atoms with Gasteiger partial charge in [0.1, 0.15) is 5.82 Å². The summed E-state index contributed by atoms with van der Waals surface area (Å²) in [6.07, 6.45) is 5.82. The van der Waals surface area contributed by atoms with Crippen LogP contribution in [0.2, 0.25) is 0 Å². The lowest BCUT2D eigenvalue weighted by Gasteiger charge is -2.37. The number of carbonyl (C=O) groups is 1. The lowest BCUT2D eigenvalue weighted by Crippen LogP contribution is -2.52. The Morgan fingerprint density at radius 2 is 2.09 bits per heavy atom. The molecule has 0 spiro atoms. The second-order valence-electron chi connectivity index (χ2n) is 6.44. The van der Waals surface area contributed by atoms with E-state index in [2.05, 4.69) is 10.3 Å². The van der Waals surface area contributed by atoms with Crippen molar-refractivity contribution in [2.75, 3.05) is 19.0 Å². The standard InChI is InChI=1S/C16H26N4O.2ClH/c1-16(17)9-5-4-6-13(16)15(21)19-11-12-7-8-14(18-10-12)20(2)3;;/h7-8,10,13H,4-6,9,11,17H2,1-3H3,(H,19,21);2*1H. The number of pyridine rings is 1. The molecule has 3 N–H and O–H groups in total. The first kappa shape index (κ1) is 22.0. The molecule has 0 aromatic carbocycles. The van der Waals surface area contributed by atoms with Gasteiger partial charge in [-0.15, -0.1) is 24.8 Å². The van der Waals surface area contributed by atoms with Crippen molar-refractivity contribution in [3.63, 3.8) is 0 Å². The molecule has 132 valence electrons. The van der Waals surface area contributed by atoms with Crippen molar-refractivity contribution in [3.05, 3.63) is 23.9 Å². The number of nitrogens with one attached hydrogen (secondary N) is 1. The van der Waals surface area contributed by atoms with E-state index in [1.54, 1.807) is 6.20 Å². The van der Waals surface area contributed by atoms with Crippen LogP contribution >= 0.6 is 24.8 Å². The Morgan fingerprint density at radius 3 is 2.61 bits per heavy atom. The summed E-state index contributed by atoms with van der Waals surface area (Å²) in [5, 5.41) is 3.00. The van der Waals surface area contributed by atoms with E-state index >= 15 is 0 Å². The minimum Gasteiger partial charge on any atom is -0.363 e. The van der Waals surface area contributed by atoms with Crippen LogP contribution in [0.4, 0.5) is 5.82 Å². The number of amides is 1. The number of nitrogens with zero attached hydrogens (tertiary/aromatic N) is 2. The molecule has 1 fully saturated rings. The van der Waals surface area contributed by atoms with Gasteiger partial charge >= 0.3 is 0 Å². The van der Waals surface area contributed by atoms with E-state index in [1.165, 1.54) is 0 Å². The van der Waals surface area contributed by atoms with Crippen LogP contribution in [0, 0.1) is 5.92 Å². The van der Waals surface area contributed by atoms with E-state index in [4.69, 9.17) is 5.73 Å². The van der Waals surface area contributed by atoms with E-state index in [0.717, 1.165) is 37.1 Å². The van der Waals surface area contributed by atoms with E-state index in [-0.39, 0.29) is 42.2 Å². The van der Waals surface area contributed by atoms with Gasteiger partial charge < -0.3 is 16.0 Å². The lowest BCUT2D eigenvalue weighted by molar-refractivity contribution is -0.128. The number of rotatable bonds is 4. The molecule has 0 saturated heterocycles. The van der Waals surface area contributed by atoms with Gasteiger partial charge in [-0.2, -0.15) is 0 Å². The van der Waals surface area contributed by atoms with Crippen LogP contribution in [0.25, 0.3) is 0 Å². The van der Waals surface area contributed by atoms with E-state index in [9.17, 15) is 4.79 Å². The second kappa shape index (κ2) is 9.30. The molecule has 1 heterocycles. The molecule has 2 unspecified atom stereocenters. The van der Waals surface area contributed by atoms with Gasteiger partial charge in [0.25, 0.3) is 0 Å². The van der Waals surface area contributed by atoms with Crippen LogP contribution in [0.5, 0.6) is 0 Å². The SMILES string of the molecule is CN(C)c1ccc(CNC(=O)C2CCCCC2(C)N)cn1.Cl.Cl. The highest BCUT2D eigenvalue weighted by Crippen LogP contribution is 2.31. The van der Waals surface area contributed by atoms with Crippen molar-refractivity contribution < 1.29 is 4.79 Å². The van der Waals surface area contributed by atoms with Crippen LogP contribution in [-0.2, 0) is 11.3 Å². The molecule has 0 bridgehead atoms. The highest BCUT2D eigenvalue weighted by molar-refractivity contribution is 5.85. The number of nitrogens with two attached hydrogens (primary N) is 1. The Labute approximate surface area is 151 Å². The predicted molar refractivity (Wildman–Crippen MR) is 99.5 cm³/mol. The molecule has 0 aliphatic heterocycles. The summed E-state index contributed by atoms with van der Waals surface area (Å²) in [5.41, 5.74) is 6.89. The van der Waals surface area contributed by atoms with E-state index < -0.39 is 0 Å². The Bertz CT molecular complexity index is 491. The van der Waals surface area contributed by atoms with Crippen molar-refractivity contribution in [1.29, 1.82) is 0 Å². The van der Waals surface area contributed by atoms with Crippen molar-refractivity contribution in [1.82, 2.24) is 10.3 Å². The molecule has 5 nitrogen and oxygen atoms in total. The molecule has 1 aromatic rings. The quantitative estimate of drug-likeness (QED) is 0.862. The molecule has 1 aliphatic rings. The number of anilines is 1. The smallest absolute Gasteiger partial charge is 0.225 e. The van der Waals surface area contributed by atoms with Crippen molar-refractivity contribution in [3.8, 4) is 0 Å². The molecular weight excluding hydrogens is 335 g/mol. The van der Waals surface area contributed by atoms with Gasteiger partial charge in [-0.3, -0.25) is 4.79 Å². The molecular formula is C16H28Cl2N4O. The van der Waals surface area contributed by atoms with Crippen molar-refractivity contribution in [2.24, 2.45) is 11.7 Å². The zero-order chi connectivity index (χ0) is 15.5. The zero-order valence-electron chi connectivity index (χ0n) is 14.0. The summed E-state index contributed by atoms with van der Waals surface area (Å²) in [6.45, 7) is 2.50. The Kier molecular flexibility index (Phi) is 8.88. The van der Waals surface area contributed by atoms with Gasteiger partial charge in [-0.25, -0.2) is 4.98 Å². The van der Waals surface area contributed by atoms with Gasteiger partial charge in [-0.1, -0.05) is 18.9 Å². The van der Waals surface area contributed by atoms with Gasteiger partial charge in [0.15, 0.2) is 0 Å². The lowest BCUT2D eigenvalue weighted by atomic mass is 9.74. The third kappa shape index (κ3) is 5.83. The maximum Gasteiger partial charge on any atom is 0.225 e. The third-order valence-corrected chi connectivity index (χ3v) is 4.30. The normalized spacial score (nSPS) is 23.2. The molecule has 2 atom stereocenters. The fourth-order valence-corrected chi connectivity index (χ4v) is 2.89. The van der Waals surface area contributed by atoms with Crippen LogP contribution in [0.3, 0.4) is 0 Å². The molecule has 1 aromatic heterocycles. The maximum atomic E-state index is 12.3. The average Bonchev–Trinajstić information content (AvgIpc) is 2.44. The molecule has 23 heavy (non-hydrogen) atoms. The first-order valence-corrected chi connectivity index (χ1v) is 7.59. The fourth-order valence-electron chi connectivity index (χ4n) is 2.89. The highest BCUT2D eigenvalue weighted by Gasteiger charge is 2.37. The third-order valence-electron chi connectivity index (χ3n) is 4.30. The predicted octanol–water partition coefficient (Wildman–Crippen LogP) is 2.52. The Morgan fingerprint density at radius 1 is 1.39 bits per heavy atom. The zero-order valence-corrected chi connectivity index (χ0v) is 15.7. The number of hydrogen-bond acceptors (Lipinski definition) is 4. The molecule has 0 radical (unpaired) electrons. The summed E-state index contributed by atoms with van der Waals surface area (Å²) >= 11 is 0. The van der Waals surface area contributed by atoms with Crippen LogP contribution in [0.15, 0.2) is 18.3 Å². The summed E-state index contributed by atoms with van der Waals surface area (Å²) in [5.74, 6) is 0.892. The summed E-state index contributed by atoms with van der Waals surface area (Å²) in [6, 6.07) is 3.94. The number of halogens is 2. The summed E-state index contributed by atoms with van der Waals surface area (Å²) in [4.78, 5) is 18.6. The van der Waals surface area contributed by atoms with Crippen LogP contribution in [0.1, 0.15) is 38.2 Å². The Hall–Kier alpha value is -1.04. The van der Waals surface area contributed by atoms with Gasteiger partial charge in [0, 0.05) is 32.4 Å². The molecule has 2 rings (SSSR count). The average molecular weight is 363 g/mol. The molecule has 1 aliphatic carbocycles. The molecule has 1 saturated carbocycles. The van der Waals surface area contributed by atoms with Crippen molar-refractivity contribution in [2.45, 2.75) is 44.7 Å². The van der Waals surface area contributed by atoms with Gasteiger partial charge in [0.05, 0.1) is 5.92 Å². The fraction of sp³-hybridized carbons (Fsp3) is 0.625. The minimum atomic E-state index is -0.380. The van der Waals surface area contributed by atoms with Crippen LogP contribution < -0.4 is 16.0 Å². The van der Waals surface area contributed by atoms with Crippen molar-refractivity contribution >= 4 is 36.5 Å². The largest absolute Gasteiger partial charge is 0.363 e. The monoisotopic (exact) mass is 362 g/mol. The maximum absolute atomic E-state index is 12.3. The van der Waals surface area contributed by atoms with Gasteiger partial charge in [-0.05, 0) is 31.4 Å². The molecule has 7 heteroatoms. The first-order valence-electron chi connectivity index (χ1n) is 7.59. The number of hydrogen-bond donors (Lipinski definition) is 2. The van der Waals surface area contributed by atoms with Gasteiger partial charge in [0.2, 0.25) is 5.91 Å². The minimum absolute atomic E-state index is 0. The second-order valence-corrected chi connectivity index (χ2v) is 6.44. The number of aromatic nitrogens is 1. The summed E-state index contributed by atoms with van der Waals surface area (Å²) in [7, 11) is 3.91. The molecule has 1 amide bonds. The summed E-state index contributed by atoms with van der Waals surface area (Å²) < 4.78 is 0. The van der Waals surface area contributed by atoms with Crippen LogP contribution in [-0.4, -0.2) is 30.5 Å². The van der Waals surface area contributed by atoms with E-state index in [0.29, 0.717) is 6.54 Å².